The normalized spacial score (nSPS) is 19.0. The minimum Gasteiger partial charge on any atom is -0.481 e. The molecule has 0 N–H and O–H groups in total. The highest BCUT2D eigenvalue weighted by molar-refractivity contribution is 7.92. The van der Waals surface area contributed by atoms with Gasteiger partial charge >= 0.3 is 0 Å². The first-order valence-electron chi connectivity index (χ1n) is 8.27. The van der Waals surface area contributed by atoms with Gasteiger partial charge in [-0.3, -0.25) is 4.31 Å². The molecule has 0 aliphatic carbocycles. The van der Waals surface area contributed by atoms with Crippen molar-refractivity contribution in [2.45, 2.75) is 23.2 Å². The summed E-state index contributed by atoms with van der Waals surface area (Å²) in [6, 6.07) is 10.9. The molecule has 1 fully saturated rings. The predicted octanol–water partition coefficient (Wildman–Crippen LogP) is 2.35. The molecule has 1 aromatic heterocycles. The third-order valence-corrected chi connectivity index (χ3v) is 6.89. The van der Waals surface area contributed by atoms with Crippen LogP contribution in [0.1, 0.15) is 18.4 Å². The molecular formula is C18H20N2O4S. The minimum absolute atomic E-state index is 0.165. The Hall–Kier alpha value is -2.12. The van der Waals surface area contributed by atoms with Gasteiger partial charge in [-0.15, -0.1) is 0 Å². The fraction of sp³-hybridized carbons (Fsp3) is 0.389. The van der Waals surface area contributed by atoms with Gasteiger partial charge in [-0.1, -0.05) is 18.2 Å². The van der Waals surface area contributed by atoms with Crippen molar-refractivity contribution in [3.63, 3.8) is 0 Å². The highest BCUT2D eigenvalue weighted by atomic mass is 32.2. The van der Waals surface area contributed by atoms with Crippen LogP contribution in [0.4, 0.5) is 5.69 Å². The molecule has 7 heteroatoms. The number of ether oxygens (including phenoxy) is 2. The molecule has 0 saturated carbocycles. The average molecular weight is 360 g/mol. The fourth-order valence-corrected chi connectivity index (χ4v) is 5.27. The van der Waals surface area contributed by atoms with Gasteiger partial charge in [-0.25, -0.2) is 13.4 Å². The lowest BCUT2D eigenvalue weighted by Crippen LogP contribution is -2.40. The minimum atomic E-state index is -3.68. The number of pyridine rings is 1. The molecule has 25 heavy (non-hydrogen) atoms. The van der Waals surface area contributed by atoms with Gasteiger partial charge in [0.25, 0.3) is 10.0 Å². The Morgan fingerprint density at radius 2 is 1.92 bits per heavy atom. The predicted molar refractivity (Wildman–Crippen MR) is 93.5 cm³/mol. The smallest absolute Gasteiger partial charge is 0.265 e. The van der Waals surface area contributed by atoms with E-state index in [1.165, 1.54) is 17.6 Å². The molecule has 6 nitrogen and oxygen atoms in total. The monoisotopic (exact) mass is 360 g/mol. The Morgan fingerprint density at radius 3 is 2.60 bits per heavy atom. The van der Waals surface area contributed by atoms with Crippen molar-refractivity contribution < 1.29 is 17.9 Å². The molecule has 2 aliphatic rings. The lowest BCUT2D eigenvalue weighted by atomic mass is 9.76. The number of para-hydroxylation sites is 1. The van der Waals surface area contributed by atoms with Crippen LogP contribution >= 0.6 is 0 Å². The van der Waals surface area contributed by atoms with E-state index < -0.39 is 10.0 Å². The third kappa shape index (κ3) is 2.58. The van der Waals surface area contributed by atoms with Crippen LogP contribution < -0.4 is 9.04 Å². The summed E-state index contributed by atoms with van der Waals surface area (Å²) < 4.78 is 38.5. The molecule has 4 rings (SSSR count). The van der Waals surface area contributed by atoms with Crippen LogP contribution in [-0.2, 0) is 20.2 Å². The Bertz CT molecular complexity index is 874. The summed E-state index contributed by atoms with van der Waals surface area (Å²) in [7, 11) is -2.18. The number of benzene rings is 1. The van der Waals surface area contributed by atoms with Gasteiger partial charge in [0.1, 0.15) is 4.90 Å². The molecule has 0 amide bonds. The van der Waals surface area contributed by atoms with Crippen molar-refractivity contribution in [2.75, 3.05) is 31.2 Å². The fourth-order valence-electron chi connectivity index (χ4n) is 3.76. The lowest BCUT2D eigenvalue weighted by Gasteiger charge is -2.34. The largest absolute Gasteiger partial charge is 0.481 e. The topological polar surface area (TPSA) is 68.7 Å². The van der Waals surface area contributed by atoms with E-state index in [0.29, 0.717) is 25.6 Å². The van der Waals surface area contributed by atoms with Gasteiger partial charge in [0.05, 0.1) is 19.0 Å². The summed E-state index contributed by atoms with van der Waals surface area (Å²) in [5, 5.41) is 0. The summed E-state index contributed by atoms with van der Waals surface area (Å²) in [5.74, 6) is 0.390. The van der Waals surface area contributed by atoms with Crippen LogP contribution in [-0.4, -0.2) is 40.3 Å². The van der Waals surface area contributed by atoms with Gasteiger partial charge < -0.3 is 9.47 Å². The van der Waals surface area contributed by atoms with E-state index in [1.54, 1.807) is 12.1 Å². The van der Waals surface area contributed by atoms with Gasteiger partial charge in [0.15, 0.2) is 0 Å². The van der Waals surface area contributed by atoms with Crippen LogP contribution in [0.15, 0.2) is 47.5 Å². The molecule has 2 aliphatic heterocycles. The number of rotatable bonds is 3. The van der Waals surface area contributed by atoms with Gasteiger partial charge in [-0.05, 0) is 30.5 Å². The standard InChI is InChI=1S/C18H20N2O4S/c1-23-17-7-6-14(12-19-17)25(21,22)20-13-18(8-10-24-11-9-18)15-4-2-3-5-16(15)20/h2-7,12H,8-11,13H2,1H3. The number of hydrogen-bond donors (Lipinski definition) is 0. The molecule has 0 radical (unpaired) electrons. The SMILES string of the molecule is COc1ccc(S(=O)(=O)N2CC3(CCOCC3)c3ccccc32)cn1. The summed E-state index contributed by atoms with van der Waals surface area (Å²) in [4.78, 5) is 4.22. The van der Waals surface area contributed by atoms with E-state index in [1.807, 2.05) is 24.3 Å². The molecule has 1 saturated heterocycles. The van der Waals surface area contributed by atoms with Crippen LogP contribution in [0.3, 0.4) is 0 Å². The van der Waals surface area contributed by atoms with E-state index >= 15 is 0 Å². The Balaban J connectivity index is 1.77. The maximum absolute atomic E-state index is 13.2. The molecule has 1 spiro atoms. The van der Waals surface area contributed by atoms with E-state index in [4.69, 9.17) is 9.47 Å². The van der Waals surface area contributed by atoms with Crippen molar-refractivity contribution in [1.29, 1.82) is 0 Å². The number of nitrogens with zero attached hydrogens (tertiary/aromatic N) is 2. The average Bonchev–Trinajstić information content (AvgIpc) is 2.97. The number of sulfonamides is 1. The van der Waals surface area contributed by atoms with Crippen molar-refractivity contribution in [3.05, 3.63) is 48.2 Å². The first-order valence-corrected chi connectivity index (χ1v) is 9.71. The third-order valence-electron chi connectivity index (χ3n) is 5.15. The molecule has 0 bridgehead atoms. The van der Waals surface area contributed by atoms with Crippen LogP contribution in [0, 0.1) is 0 Å². The maximum Gasteiger partial charge on any atom is 0.265 e. The summed E-state index contributed by atoms with van der Waals surface area (Å²) in [5.41, 5.74) is 1.70. The Morgan fingerprint density at radius 1 is 1.16 bits per heavy atom. The zero-order valence-corrected chi connectivity index (χ0v) is 14.8. The van der Waals surface area contributed by atoms with Gasteiger partial charge in [0, 0.05) is 31.2 Å². The Labute approximate surface area is 147 Å². The van der Waals surface area contributed by atoms with E-state index in [9.17, 15) is 8.42 Å². The highest BCUT2D eigenvalue weighted by Gasteiger charge is 2.47. The quantitative estimate of drug-likeness (QED) is 0.840. The van der Waals surface area contributed by atoms with Crippen LogP contribution in [0.25, 0.3) is 0 Å². The van der Waals surface area contributed by atoms with Gasteiger partial charge in [-0.2, -0.15) is 0 Å². The lowest BCUT2D eigenvalue weighted by molar-refractivity contribution is 0.0560. The summed E-state index contributed by atoms with van der Waals surface area (Å²) in [6.45, 7) is 1.77. The van der Waals surface area contributed by atoms with Crippen LogP contribution in [0.2, 0.25) is 0 Å². The van der Waals surface area contributed by atoms with E-state index in [2.05, 4.69) is 4.98 Å². The first-order chi connectivity index (χ1) is 12.1. The zero-order chi connectivity index (χ0) is 17.5. The van der Waals surface area contributed by atoms with Crippen molar-refractivity contribution in [3.8, 4) is 5.88 Å². The zero-order valence-electron chi connectivity index (χ0n) is 14.0. The molecule has 0 unspecified atom stereocenters. The second-order valence-electron chi connectivity index (χ2n) is 6.46. The summed E-state index contributed by atoms with van der Waals surface area (Å²) in [6.07, 6.45) is 3.01. The van der Waals surface area contributed by atoms with Crippen molar-refractivity contribution >= 4 is 15.7 Å². The second-order valence-corrected chi connectivity index (χ2v) is 8.32. The van der Waals surface area contributed by atoms with Crippen LogP contribution in [0.5, 0.6) is 5.88 Å². The number of hydrogen-bond acceptors (Lipinski definition) is 5. The second kappa shape index (κ2) is 6.00. The molecular weight excluding hydrogens is 340 g/mol. The number of aromatic nitrogens is 1. The van der Waals surface area contributed by atoms with E-state index in [-0.39, 0.29) is 10.3 Å². The maximum atomic E-state index is 13.2. The molecule has 3 heterocycles. The number of methoxy groups -OCH3 is 1. The van der Waals surface area contributed by atoms with Crippen molar-refractivity contribution in [1.82, 2.24) is 4.98 Å². The Kier molecular flexibility index (Phi) is 3.92. The molecule has 2 aromatic rings. The molecule has 132 valence electrons. The first kappa shape index (κ1) is 16.4. The molecule has 1 aromatic carbocycles. The van der Waals surface area contributed by atoms with E-state index in [0.717, 1.165) is 24.1 Å². The number of anilines is 1. The highest BCUT2D eigenvalue weighted by Crippen LogP contribution is 2.48. The van der Waals surface area contributed by atoms with Crippen molar-refractivity contribution in [2.24, 2.45) is 0 Å². The number of fused-ring (bicyclic) bond motifs is 2. The summed E-state index contributed by atoms with van der Waals surface area (Å²) >= 11 is 0. The molecule has 0 atom stereocenters. The van der Waals surface area contributed by atoms with Gasteiger partial charge in [0.2, 0.25) is 5.88 Å².